The molecule has 1 atom stereocenters. The highest BCUT2D eigenvalue weighted by atomic mass is 16.6. The minimum Gasteiger partial charge on any atom is -0.325 e. The Morgan fingerprint density at radius 3 is 2.50 bits per heavy atom. The average Bonchev–Trinajstić information content (AvgIpc) is 2.61. The van der Waals surface area contributed by atoms with Gasteiger partial charge in [0.25, 0.3) is 5.69 Å². The Hall–Kier alpha value is -3.21. The van der Waals surface area contributed by atoms with E-state index in [1.807, 2.05) is 36.4 Å². The predicted octanol–water partition coefficient (Wildman–Crippen LogP) is 4.22. The van der Waals surface area contributed by atoms with Gasteiger partial charge in [-0.05, 0) is 16.5 Å². The number of hydrogen-bond donors (Lipinski definition) is 1. The van der Waals surface area contributed by atoms with E-state index >= 15 is 0 Å². The second-order valence-electron chi connectivity index (χ2n) is 5.90. The first kappa shape index (κ1) is 14.4. The molecule has 5 nitrogen and oxygen atoms in total. The Kier molecular flexibility index (Phi) is 3.27. The summed E-state index contributed by atoms with van der Waals surface area (Å²) in [5.41, 5.74) is 2.85. The largest absolute Gasteiger partial charge is 0.325 e. The molecule has 0 unspecified atom stereocenters. The number of hydrogen-bond acceptors (Lipinski definition) is 3. The number of fused-ring (bicyclic) bond motifs is 3. The molecule has 0 fully saturated rings. The zero-order chi connectivity index (χ0) is 16.7. The molecule has 0 radical (unpaired) electrons. The summed E-state index contributed by atoms with van der Waals surface area (Å²) in [6, 6.07) is 18.4. The summed E-state index contributed by atoms with van der Waals surface area (Å²) in [5.74, 6) is -0.138. The molecule has 118 valence electrons. The minimum absolute atomic E-state index is 0.0396. The molecule has 1 aliphatic rings. The van der Waals surface area contributed by atoms with Crippen LogP contribution in [0.15, 0.2) is 60.7 Å². The minimum atomic E-state index is -0.418. The van der Waals surface area contributed by atoms with E-state index in [4.69, 9.17) is 0 Å². The number of rotatable bonds is 2. The molecular weight excluding hydrogens is 304 g/mol. The zero-order valence-electron chi connectivity index (χ0n) is 12.7. The lowest BCUT2D eigenvalue weighted by molar-refractivity contribution is -0.384. The number of non-ortho nitro benzene ring substituents is 1. The fourth-order valence-electron chi connectivity index (χ4n) is 3.33. The Balaban J connectivity index is 1.85. The summed E-state index contributed by atoms with van der Waals surface area (Å²) in [6.45, 7) is 0. The molecule has 5 heteroatoms. The van der Waals surface area contributed by atoms with Crippen molar-refractivity contribution in [2.75, 3.05) is 5.32 Å². The van der Waals surface area contributed by atoms with Gasteiger partial charge in [-0.2, -0.15) is 0 Å². The molecule has 1 N–H and O–H groups in total. The van der Waals surface area contributed by atoms with E-state index in [2.05, 4.69) is 5.32 Å². The molecule has 0 spiro atoms. The molecule has 0 aromatic heterocycles. The standard InChI is InChI=1S/C19H14N2O3/c22-18-11-17(13-5-8-14(9-6-13)21(23)24)16-10-7-12-3-1-2-4-15(12)19(16)20-18/h1-10,17H,11H2,(H,20,22)/t17-/m1/s1. The van der Waals surface area contributed by atoms with Crippen molar-refractivity contribution in [1.82, 2.24) is 0 Å². The van der Waals surface area contributed by atoms with Crippen LogP contribution >= 0.6 is 0 Å². The molecule has 1 amide bonds. The molecule has 0 aliphatic carbocycles. The summed E-state index contributed by atoms with van der Waals surface area (Å²) in [5, 5.41) is 15.9. The van der Waals surface area contributed by atoms with Crippen LogP contribution < -0.4 is 5.32 Å². The van der Waals surface area contributed by atoms with E-state index < -0.39 is 4.92 Å². The van der Waals surface area contributed by atoms with Crippen molar-refractivity contribution in [2.45, 2.75) is 12.3 Å². The van der Waals surface area contributed by atoms with Crippen molar-refractivity contribution in [3.05, 3.63) is 81.9 Å². The van der Waals surface area contributed by atoms with Crippen LogP contribution in [-0.4, -0.2) is 10.8 Å². The first-order valence-corrected chi connectivity index (χ1v) is 7.69. The van der Waals surface area contributed by atoms with Crippen molar-refractivity contribution in [1.29, 1.82) is 0 Å². The molecule has 24 heavy (non-hydrogen) atoms. The Morgan fingerprint density at radius 2 is 1.75 bits per heavy atom. The normalized spacial score (nSPS) is 16.5. The van der Waals surface area contributed by atoms with Crippen LogP contribution in [-0.2, 0) is 4.79 Å². The molecule has 0 saturated carbocycles. The number of carbonyl (C=O) groups excluding carboxylic acids is 1. The second kappa shape index (κ2) is 5.45. The Bertz CT molecular complexity index is 964. The van der Waals surface area contributed by atoms with Gasteiger partial charge in [-0.25, -0.2) is 0 Å². The maximum atomic E-state index is 12.2. The van der Waals surface area contributed by atoms with Crippen LogP contribution in [0.5, 0.6) is 0 Å². The van der Waals surface area contributed by atoms with Crippen molar-refractivity contribution in [2.24, 2.45) is 0 Å². The van der Waals surface area contributed by atoms with Crippen molar-refractivity contribution < 1.29 is 9.72 Å². The maximum Gasteiger partial charge on any atom is 0.269 e. The first-order chi connectivity index (χ1) is 11.6. The molecule has 3 aromatic rings. The highest BCUT2D eigenvalue weighted by Gasteiger charge is 2.27. The fraction of sp³-hybridized carbons (Fsp3) is 0.105. The molecule has 1 aliphatic heterocycles. The Morgan fingerprint density at radius 1 is 1.00 bits per heavy atom. The van der Waals surface area contributed by atoms with Gasteiger partial charge in [0.2, 0.25) is 5.91 Å². The van der Waals surface area contributed by atoms with E-state index in [1.54, 1.807) is 12.1 Å². The summed E-state index contributed by atoms with van der Waals surface area (Å²) in [7, 11) is 0. The maximum absolute atomic E-state index is 12.2. The average molecular weight is 318 g/mol. The van der Waals surface area contributed by atoms with Crippen LogP contribution in [0.4, 0.5) is 11.4 Å². The van der Waals surface area contributed by atoms with Crippen LogP contribution in [0.2, 0.25) is 0 Å². The molecule has 0 bridgehead atoms. The van der Waals surface area contributed by atoms with E-state index in [0.29, 0.717) is 6.42 Å². The van der Waals surface area contributed by atoms with Gasteiger partial charge in [-0.1, -0.05) is 48.5 Å². The number of benzene rings is 3. The fourth-order valence-corrected chi connectivity index (χ4v) is 3.33. The summed E-state index contributed by atoms with van der Waals surface area (Å²) in [6.07, 6.45) is 0.336. The number of nitrogens with zero attached hydrogens (tertiary/aromatic N) is 1. The van der Waals surface area contributed by atoms with E-state index in [0.717, 1.165) is 27.6 Å². The van der Waals surface area contributed by atoms with Gasteiger partial charge in [0, 0.05) is 29.9 Å². The van der Waals surface area contributed by atoms with Crippen LogP contribution in [0, 0.1) is 10.1 Å². The third-order valence-electron chi connectivity index (χ3n) is 4.50. The number of amides is 1. The topological polar surface area (TPSA) is 72.2 Å². The molecule has 0 saturated heterocycles. The smallest absolute Gasteiger partial charge is 0.269 e. The first-order valence-electron chi connectivity index (χ1n) is 7.69. The van der Waals surface area contributed by atoms with Crippen LogP contribution in [0.1, 0.15) is 23.5 Å². The Labute approximate surface area is 138 Å². The number of carbonyl (C=O) groups is 1. The predicted molar refractivity (Wildman–Crippen MR) is 92.1 cm³/mol. The van der Waals surface area contributed by atoms with E-state index in [1.165, 1.54) is 12.1 Å². The lowest BCUT2D eigenvalue weighted by atomic mass is 9.83. The third kappa shape index (κ3) is 2.31. The van der Waals surface area contributed by atoms with E-state index in [-0.39, 0.29) is 17.5 Å². The second-order valence-corrected chi connectivity index (χ2v) is 5.90. The van der Waals surface area contributed by atoms with Gasteiger partial charge in [-0.15, -0.1) is 0 Å². The molecular formula is C19H14N2O3. The van der Waals surface area contributed by atoms with Crippen LogP contribution in [0.3, 0.4) is 0 Å². The van der Waals surface area contributed by atoms with Gasteiger partial charge < -0.3 is 5.32 Å². The lowest BCUT2D eigenvalue weighted by Crippen LogP contribution is -2.23. The van der Waals surface area contributed by atoms with E-state index in [9.17, 15) is 14.9 Å². The van der Waals surface area contributed by atoms with Gasteiger partial charge in [-0.3, -0.25) is 14.9 Å². The van der Waals surface area contributed by atoms with Crippen molar-refractivity contribution in [3.63, 3.8) is 0 Å². The molecule has 4 rings (SSSR count). The summed E-state index contributed by atoms with van der Waals surface area (Å²) in [4.78, 5) is 22.6. The van der Waals surface area contributed by atoms with Gasteiger partial charge in [0.05, 0.1) is 10.6 Å². The number of nitrogens with one attached hydrogen (secondary N) is 1. The quantitative estimate of drug-likeness (QED) is 0.568. The summed E-state index contributed by atoms with van der Waals surface area (Å²) < 4.78 is 0. The molecule has 1 heterocycles. The monoisotopic (exact) mass is 318 g/mol. The number of anilines is 1. The highest BCUT2D eigenvalue weighted by molar-refractivity contribution is 6.06. The zero-order valence-corrected chi connectivity index (χ0v) is 12.7. The molecule has 3 aromatic carbocycles. The summed E-state index contributed by atoms with van der Waals surface area (Å²) >= 11 is 0. The van der Waals surface area contributed by atoms with Crippen LogP contribution in [0.25, 0.3) is 10.8 Å². The highest BCUT2D eigenvalue weighted by Crippen LogP contribution is 2.41. The van der Waals surface area contributed by atoms with Gasteiger partial charge in [0.1, 0.15) is 0 Å². The lowest BCUT2D eigenvalue weighted by Gasteiger charge is -2.27. The van der Waals surface area contributed by atoms with Crippen molar-refractivity contribution >= 4 is 28.1 Å². The van der Waals surface area contributed by atoms with Gasteiger partial charge in [0.15, 0.2) is 0 Å². The van der Waals surface area contributed by atoms with Crippen molar-refractivity contribution in [3.8, 4) is 0 Å². The SMILES string of the molecule is O=C1C[C@H](c2ccc([N+](=O)[O-])cc2)c2ccc3ccccc3c2N1. The third-order valence-corrected chi connectivity index (χ3v) is 4.50. The number of nitro benzene ring substituents is 1. The van der Waals surface area contributed by atoms with Gasteiger partial charge >= 0.3 is 0 Å². The number of nitro groups is 1.